The van der Waals surface area contributed by atoms with Gasteiger partial charge in [-0.1, -0.05) is 37.6 Å². The number of aryl methyl sites for hydroxylation is 2. The quantitative estimate of drug-likeness (QED) is 0.754. The van der Waals surface area contributed by atoms with Crippen LogP contribution in [-0.2, 0) is 11.2 Å². The molecule has 0 aliphatic heterocycles. The van der Waals surface area contributed by atoms with E-state index >= 15 is 0 Å². The largest absolute Gasteiger partial charge is 0.355 e. The Morgan fingerprint density at radius 3 is 2.78 bits per heavy atom. The molecule has 1 aromatic carbocycles. The number of halogens is 1. The molecule has 1 aromatic rings. The molecule has 3 heteroatoms. The number of carbonyl (C=O) groups is 1. The van der Waals surface area contributed by atoms with E-state index in [4.69, 9.17) is 11.6 Å². The summed E-state index contributed by atoms with van der Waals surface area (Å²) in [5, 5.41) is 2.94. The summed E-state index contributed by atoms with van der Waals surface area (Å²) in [6.45, 7) is 4.74. The molecule has 0 aliphatic rings. The van der Waals surface area contributed by atoms with Crippen LogP contribution in [0.2, 0.25) is 0 Å². The van der Waals surface area contributed by atoms with Crippen molar-refractivity contribution in [1.29, 1.82) is 0 Å². The van der Waals surface area contributed by atoms with E-state index in [1.165, 1.54) is 11.1 Å². The Labute approximate surface area is 115 Å². The van der Waals surface area contributed by atoms with Crippen molar-refractivity contribution in [1.82, 2.24) is 5.32 Å². The molecule has 0 spiro atoms. The number of hydrogen-bond acceptors (Lipinski definition) is 1. The first kappa shape index (κ1) is 15.0. The maximum absolute atomic E-state index is 11.7. The van der Waals surface area contributed by atoms with Gasteiger partial charge in [0.25, 0.3) is 0 Å². The third-order valence-corrected chi connectivity index (χ3v) is 3.38. The fourth-order valence-electron chi connectivity index (χ4n) is 1.87. The standard InChI is InChI=1S/C15H22ClNO/c1-3-6-14(16)11-17-15(18)10-9-13-8-5-4-7-12(13)2/h4-5,7-8,14H,3,6,9-11H2,1-2H3,(H,17,18). The van der Waals surface area contributed by atoms with E-state index in [0.717, 1.165) is 19.3 Å². The van der Waals surface area contributed by atoms with E-state index in [9.17, 15) is 4.79 Å². The van der Waals surface area contributed by atoms with Gasteiger partial charge < -0.3 is 5.32 Å². The summed E-state index contributed by atoms with van der Waals surface area (Å²) >= 11 is 6.05. The van der Waals surface area contributed by atoms with E-state index < -0.39 is 0 Å². The number of amides is 1. The molecular weight excluding hydrogens is 246 g/mol. The zero-order chi connectivity index (χ0) is 13.4. The van der Waals surface area contributed by atoms with E-state index in [2.05, 4.69) is 31.3 Å². The minimum atomic E-state index is 0.0532. The van der Waals surface area contributed by atoms with Gasteiger partial charge in [0.2, 0.25) is 5.91 Å². The first-order chi connectivity index (χ1) is 8.63. The van der Waals surface area contributed by atoms with Gasteiger partial charge in [0.1, 0.15) is 0 Å². The molecule has 0 saturated carbocycles. The Hall–Kier alpha value is -1.02. The Bertz CT molecular complexity index is 379. The Kier molecular flexibility index (Phi) is 6.81. The molecular formula is C15H22ClNO. The molecule has 100 valence electrons. The van der Waals surface area contributed by atoms with Crippen LogP contribution in [0.3, 0.4) is 0 Å². The maximum atomic E-state index is 11.7. The van der Waals surface area contributed by atoms with Crippen molar-refractivity contribution in [2.75, 3.05) is 6.54 Å². The highest BCUT2D eigenvalue weighted by atomic mass is 35.5. The number of alkyl halides is 1. The van der Waals surface area contributed by atoms with Gasteiger partial charge in [-0.15, -0.1) is 11.6 Å². The topological polar surface area (TPSA) is 29.1 Å². The first-order valence-electron chi connectivity index (χ1n) is 6.58. The lowest BCUT2D eigenvalue weighted by Crippen LogP contribution is -2.29. The van der Waals surface area contributed by atoms with E-state index in [1.54, 1.807) is 0 Å². The molecule has 0 heterocycles. The molecule has 0 fully saturated rings. The molecule has 0 aromatic heterocycles. The normalized spacial score (nSPS) is 12.2. The van der Waals surface area contributed by atoms with Gasteiger partial charge in [0.15, 0.2) is 0 Å². The van der Waals surface area contributed by atoms with Crippen LogP contribution >= 0.6 is 11.6 Å². The van der Waals surface area contributed by atoms with Crippen LogP contribution in [0.25, 0.3) is 0 Å². The lowest BCUT2D eigenvalue weighted by Gasteiger charge is -2.10. The number of carbonyl (C=O) groups excluding carboxylic acids is 1. The summed E-state index contributed by atoms with van der Waals surface area (Å²) in [6.07, 6.45) is 3.31. The Balaban J connectivity index is 2.27. The second kappa shape index (κ2) is 8.15. The average Bonchev–Trinajstić information content (AvgIpc) is 2.36. The van der Waals surface area contributed by atoms with Crippen LogP contribution in [0.5, 0.6) is 0 Å². The van der Waals surface area contributed by atoms with Crippen molar-refractivity contribution in [3.8, 4) is 0 Å². The Morgan fingerprint density at radius 1 is 1.39 bits per heavy atom. The zero-order valence-corrected chi connectivity index (χ0v) is 12.0. The second-order valence-electron chi connectivity index (χ2n) is 4.62. The van der Waals surface area contributed by atoms with Crippen molar-refractivity contribution >= 4 is 17.5 Å². The molecule has 1 unspecified atom stereocenters. The zero-order valence-electron chi connectivity index (χ0n) is 11.2. The minimum Gasteiger partial charge on any atom is -0.355 e. The average molecular weight is 268 g/mol. The fourth-order valence-corrected chi connectivity index (χ4v) is 2.16. The van der Waals surface area contributed by atoms with Crippen molar-refractivity contribution in [3.05, 3.63) is 35.4 Å². The molecule has 1 amide bonds. The van der Waals surface area contributed by atoms with Gasteiger partial charge in [-0.05, 0) is 30.9 Å². The third kappa shape index (κ3) is 5.54. The van der Waals surface area contributed by atoms with Crippen LogP contribution in [0.1, 0.15) is 37.3 Å². The molecule has 1 atom stereocenters. The van der Waals surface area contributed by atoms with E-state index in [1.807, 2.05) is 12.1 Å². The van der Waals surface area contributed by atoms with Gasteiger partial charge in [-0.3, -0.25) is 4.79 Å². The highest BCUT2D eigenvalue weighted by Crippen LogP contribution is 2.09. The summed E-state index contributed by atoms with van der Waals surface area (Å²) < 4.78 is 0. The molecule has 1 rings (SSSR count). The van der Waals surface area contributed by atoms with Crippen molar-refractivity contribution in [2.24, 2.45) is 0 Å². The summed E-state index contributed by atoms with van der Waals surface area (Å²) in [5.74, 6) is 0.0833. The van der Waals surface area contributed by atoms with Crippen molar-refractivity contribution in [2.45, 2.75) is 44.9 Å². The molecule has 0 bridgehead atoms. The smallest absolute Gasteiger partial charge is 0.220 e. The van der Waals surface area contributed by atoms with Gasteiger partial charge in [-0.25, -0.2) is 0 Å². The molecule has 0 aliphatic carbocycles. The number of nitrogens with one attached hydrogen (secondary N) is 1. The number of benzene rings is 1. The van der Waals surface area contributed by atoms with Gasteiger partial charge in [0.05, 0.1) is 5.38 Å². The molecule has 18 heavy (non-hydrogen) atoms. The number of hydrogen-bond donors (Lipinski definition) is 1. The summed E-state index contributed by atoms with van der Waals surface area (Å²) in [6, 6.07) is 8.17. The predicted octanol–water partition coefficient (Wildman–Crippen LogP) is 3.45. The highest BCUT2D eigenvalue weighted by molar-refractivity contribution is 6.20. The van der Waals surface area contributed by atoms with Gasteiger partial charge in [0, 0.05) is 13.0 Å². The maximum Gasteiger partial charge on any atom is 0.220 e. The summed E-state index contributed by atoms with van der Waals surface area (Å²) in [7, 11) is 0. The monoisotopic (exact) mass is 267 g/mol. The predicted molar refractivity (Wildman–Crippen MR) is 77.1 cm³/mol. The molecule has 1 N–H and O–H groups in total. The lowest BCUT2D eigenvalue weighted by molar-refractivity contribution is -0.121. The highest BCUT2D eigenvalue weighted by Gasteiger charge is 2.07. The summed E-state index contributed by atoms with van der Waals surface area (Å²) in [4.78, 5) is 11.7. The van der Waals surface area contributed by atoms with Crippen LogP contribution < -0.4 is 5.32 Å². The van der Waals surface area contributed by atoms with Crippen molar-refractivity contribution in [3.63, 3.8) is 0 Å². The van der Waals surface area contributed by atoms with E-state index in [-0.39, 0.29) is 11.3 Å². The van der Waals surface area contributed by atoms with Crippen molar-refractivity contribution < 1.29 is 4.79 Å². The van der Waals surface area contributed by atoms with Crippen LogP contribution in [0.4, 0.5) is 0 Å². The van der Waals surface area contributed by atoms with Crippen LogP contribution in [0, 0.1) is 6.92 Å². The first-order valence-corrected chi connectivity index (χ1v) is 7.02. The van der Waals surface area contributed by atoms with Gasteiger partial charge >= 0.3 is 0 Å². The molecule has 0 saturated heterocycles. The Morgan fingerprint density at radius 2 is 2.11 bits per heavy atom. The molecule has 2 nitrogen and oxygen atoms in total. The molecule has 0 radical (unpaired) electrons. The van der Waals surface area contributed by atoms with E-state index in [0.29, 0.717) is 13.0 Å². The van der Waals surface area contributed by atoms with Crippen LogP contribution in [0.15, 0.2) is 24.3 Å². The third-order valence-electron chi connectivity index (χ3n) is 3.01. The summed E-state index contributed by atoms with van der Waals surface area (Å²) in [5.41, 5.74) is 2.48. The van der Waals surface area contributed by atoms with Gasteiger partial charge in [-0.2, -0.15) is 0 Å². The SMILES string of the molecule is CCCC(Cl)CNC(=O)CCc1ccccc1C. The minimum absolute atomic E-state index is 0.0532. The fraction of sp³-hybridized carbons (Fsp3) is 0.533. The lowest BCUT2D eigenvalue weighted by atomic mass is 10.0. The second-order valence-corrected chi connectivity index (χ2v) is 5.23. The van der Waals surface area contributed by atoms with Crippen LogP contribution in [-0.4, -0.2) is 17.8 Å². The number of rotatable bonds is 7.